The Labute approximate surface area is 163 Å². The van der Waals surface area contributed by atoms with E-state index in [1.54, 1.807) is 22.8 Å². The lowest BCUT2D eigenvalue weighted by Crippen LogP contribution is -2.14. The second kappa shape index (κ2) is 8.03. The van der Waals surface area contributed by atoms with Gasteiger partial charge in [0.1, 0.15) is 11.1 Å². The molecule has 0 saturated carbocycles. The zero-order valence-corrected chi connectivity index (χ0v) is 17.0. The van der Waals surface area contributed by atoms with Crippen molar-refractivity contribution in [2.24, 2.45) is 0 Å². The van der Waals surface area contributed by atoms with Crippen LogP contribution in [-0.4, -0.2) is 26.4 Å². The molecule has 1 N–H and O–H groups in total. The van der Waals surface area contributed by atoms with E-state index in [0.29, 0.717) is 15.7 Å². The van der Waals surface area contributed by atoms with Crippen LogP contribution in [0.3, 0.4) is 0 Å². The first-order chi connectivity index (χ1) is 12.5. The van der Waals surface area contributed by atoms with Crippen LogP contribution < -0.4 is 5.32 Å². The molecule has 0 radical (unpaired) electrons. The van der Waals surface area contributed by atoms with E-state index < -0.39 is 0 Å². The number of rotatable bonds is 6. The van der Waals surface area contributed by atoms with E-state index >= 15 is 0 Å². The van der Waals surface area contributed by atoms with Crippen molar-refractivity contribution >= 4 is 45.3 Å². The lowest BCUT2D eigenvalue weighted by molar-refractivity contribution is -0.113. The first-order valence-corrected chi connectivity index (χ1v) is 10.7. The molecule has 0 aliphatic rings. The number of nitrogens with zero attached hydrogens (tertiary/aromatic N) is 4. The van der Waals surface area contributed by atoms with Crippen LogP contribution in [0.15, 0.2) is 22.0 Å². The molecule has 0 bridgehead atoms. The summed E-state index contributed by atoms with van der Waals surface area (Å²) < 4.78 is 2.03. The molecule has 0 fully saturated rings. The van der Waals surface area contributed by atoms with Crippen molar-refractivity contribution in [2.75, 3.05) is 11.1 Å². The summed E-state index contributed by atoms with van der Waals surface area (Å²) in [5, 5.41) is 25.6. The number of amides is 1. The van der Waals surface area contributed by atoms with Gasteiger partial charge in [-0.2, -0.15) is 5.26 Å². The van der Waals surface area contributed by atoms with Crippen molar-refractivity contribution in [1.82, 2.24) is 14.8 Å². The van der Waals surface area contributed by atoms with Crippen LogP contribution in [0.5, 0.6) is 0 Å². The molecule has 3 aromatic rings. The number of aryl methyl sites for hydroxylation is 1. The topological polar surface area (TPSA) is 83.6 Å². The fraction of sp³-hybridized carbons (Fsp3) is 0.294. The lowest BCUT2D eigenvalue weighted by Gasteiger charge is -2.07. The third kappa shape index (κ3) is 3.67. The van der Waals surface area contributed by atoms with Crippen LogP contribution >= 0.6 is 34.4 Å². The van der Waals surface area contributed by atoms with E-state index in [4.69, 9.17) is 5.26 Å². The molecule has 1 amide bonds. The van der Waals surface area contributed by atoms with Gasteiger partial charge in [0.2, 0.25) is 5.91 Å². The van der Waals surface area contributed by atoms with Crippen LogP contribution in [0.1, 0.15) is 22.9 Å². The minimum atomic E-state index is -0.163. The van der Waals surface area contributed by atoms with Crippen molar-refractivity contribution in [3.63, 3.8) is 0 Å². The average Bonchev–Trinajstić information content (AvgIpc) is 3.33. The molecule has 9 heteroatoms. The third-order valence-electron chi connectivity index (χ3n) is 3.93. The van der Waals surface area contributed by atoms with Crippen LogP contribution in [0.2, 0.25) is 0 Å². The maximum atomic E-state index is 12.2. The van der Waals surface area contributed by atoms with Crippen LogP contribution in [0.4, 0.5) is 5.00 Å². The Morgan fingerprint density at radius 1 is 1.38 bits per heavy atom. The van der Waals surface area contributed by atoms with E-state index in [0.717, 1.165) is 17.9 Å². The summed E-state index contributed by atoms with van der Waals surface area (Å²) in [4.78, 5) is 13.5. The minimum absolute atomic E-state index is 0.163. The Kier molecular flexibility index (Phi) is 5.76. The van der Waals surface area contributed by atoms with Gasteiger partial charge in [0.25, 0.3) is 0 Å². The Bertz CT molecular complexity index is 979. The zero-order valence-electron chi connectivity index (χ0n) is 14.6. The first-order valence-electron chi connectivity index (χ1n) is 7.93. The second-order valence-electron chi connectivity index (χ2n) is 5.49. The quantitative estimate of drug-likeness (QED) is 0.620. The molecule has 26 heavy (non-hydrogen) atoms. The number of thiophene rings is 2. The van der Waals surface area contributed by atoms with Gasteiger partial charge in [-0.25, -0.2) is 0 Å². The van der Waals surface area contributed by atoms with Crippen molar-refractivity contribution < 1.29 is 4.79 Å². The molecule has 3 heterocycles. The molecule has 3 aromatic heterocycles. The molecule has 0 aliphatic heterocycles. The highest BCUT2D eigenvalue weighted by molar-refractivity contribution is 7.99. The monoisotopic (exact) mass is 403 g/mol. The van der Waals surface area contributed by atoms with Gasteiger partial charge in [0, 0.05) is 22.4 Å². The predicted octanol–water partition coefficient (Wildman–Crippen LogP) is 4.31. The molecular weight excluding hydrogens is 386 g/mol. The Morgan fingerprint density at radius 3 is 2.85 bits per heavy atom. The predicted molar refractivity (Wildman–Crippen MR) is 107 cm³/mol. The highest BCUT2D eigenvalue weighted by atomic mass is 32.2. The maximum absolute atomic E-state index is 12.2. The fourth-order valence-corrected chi connectivity index (χ4v) is 4.82. The number of nitriles is 1. The second-order valence-corrected chi connectivity index (χ2v) is 8.44. The Hall–Kier alpha value is -2.15. The lowest BCUT2D eigenvalue weighted by atomic mass is 10.1. The molecule has 6 nitrogen and oxygen atoms in total. The van der Waals surface area contributed by atoms with Gasteiger partial charge in [-0.15, -0.1) is 32.9 Å². The van der Waals surface area contributed by atoms with Gasteiger partial charge in [-0.05, 0) is 37.8 Å². The van der Waals surface area contributed by atoms with Gasteiger partial charge < -0.3 is 9.88 Å². The van der Waals surface area contributed by atoms with Crippen molar-refractivity contribution in [2.45, 2.75) is 32.5 Å². The van der Waals surface area contributed by atoms with E-state index in [-0.39, 0.29) is 11.7 Å². The van der Waals surface area contributed by atoms with Crippen LogP contribution in [0, 0.1) is 25.2 Å². The summed E-state index contributed by atoms with van der Waals surface area (Å²) in [5.41, 5.74) is 2.79. The normalized spacial score (nSPS) is 10.7. The van der Waals surface area contributed by atoms with E-state index in [2.05, 4.69) is 40.8 Å². The molecule has 0 saturated heterocycles. The number of carbonyl (C=O) groups excluding carboxylic acids is 1. The molecule has 134 valence electrons. The number of hydrogen-bond acceptors (Lipinski definition) is 7. The van der Waals surface area contributed by atoms with E-state index in [1.807, 2.05) is 11.5 Å². The smallest absolute Gasteiger partial charge is 0.235 e. The summed E-state index contributed by atoms with van der Waals surface area (Å²) in [7, 11) is 0. The third-order valence-corrected chi connectivity index (χ3v) is 6.74. The molecule has 0 unspecified atom stereocenters. The van der Waals surface area contributed by atoms with Crippen LogP contribution in [0.25, 0.3) is 11.4 Å². The molecule has 0 spiro atoms. The highest BCUT2D eigenvalue weighted by Gasteiger charge is 2.18. The van der Waals surface area contributed by atoms with Crippen molar-refractivity contribution in [3.8, 4) is 17.5 Å². The number of aromatic nitrogens is 3. The van der Waals surface area contributed by atoms with Gasteiger partial charge in [-0.1, -0.05) is 11.8 Å². The summed E-state index contributed by atoms with van der Waals surface area (Å²) in [5.74, 6) is 0.883. The zero-order chi connectivity index (χ0) is 18.7. The minimum Gasteiger partial charge on any atom is -0.316 e. The Morgan fingerprint density at radius 2 is 2.19 bits per heavy atom. The highest BCUT2D eigenvalue weighted by Crippen LogP contribution is 2.31. The van der Waals surface area contributed by atoms with Gasteiger partial charge in [-0.3, -0.25) is 4.79 Å². The molecule has 0 atom stereocenters. The standard InChI is InChI=1S/C17H17N5OS3/c1-4-22-15(13-8-25-11(3)10(13)2)20-21-17(22)26-9-14(23)19-16-12(7-18)5-6-24-16/h5-6,8H,4,9H2,1-3H3,(H,19,23). The fourth-order valence-electron chi connectivity index (χ4n) is 2.40. The molecular formula is C17H17N5OS3. The SMILES string of the molecule is CCn1c(SCC(=O)Nc2sccc2C#N)nnc1-c1csc(C)c1C. The summed E-state index contributed by atoms with van der Waals surface area (Å²) >= 11 is 4.39. The van der Waals surface area contributed by atoms with E-state index in [1.165, 1.54) is 33.5 Å². The maximum Gasteiger partial charge on any atom is 0.235 e. The van der Waals surface area contributed by atoms with Gasteiger partial charge in [0.15, 0.2) is 11.0 Å². The van der Waals surface area contributed by atoms with Gasteiger partial charge in [0.05, 0.1) is 11.3 Å². The number of thioether (sulfide) groups is 1. The molecule has 3 rings (SSSR count). The number of carbonyl (C=O) groups is 1. The number of anilines is 1. The van der Waals surface area contributed by atoms with Crippen LogP contribution in [-0.2, 0) is 11.3 Å². The number of hydrogen-bond donors (Lipinski definition) is 1. The van der Waals surface area contributed by atoms with Gasteiger partial charge >= 0.3 is 0 Å². The largest absolute Gasteiger partial charge is 0.316 e. The molecule has 0 aromatic carbocycles. The van der Waals surface area contributed by atoms with Crippen molar-refractivity contribution in [1.29, 1.82) is 5.26 Å². The number of nitrogens with one attached hydrogen (secondary N) is 1. The average molecular weight is 404 g/mol. The van der Waals surface area contributed by atoms with E-state index in [9.17, 15) is 4.79 Å². The summed E-state index contributed by atoms with van der Waals surface area (Å²) in [6.07, 6.45) is 0. The summed E-state index contributed by atoms with van der Waals surface area (Å²) in [6, 6.07) is 3.76. The Balaban J connectivity index is 1.72. The molecule has 0 aliphatic carbocycles. The first kappa shape index (κ1) is 18.6. The summed E-state index contributed by atoms with van der Waals surface area (Å²) in [6.45, 7) is 6.95. The van der Waals surface area contributed by atoms with Crippen molar-refractivity contribution in [3.05, 3.63) is 32.8 Å².